The lowest BCUT2D eigenvalue weighted by atomic mass is 10.2. The molecule has 1 aromatic rings. The first-order valence-corrected chi connectivity index (χ1v) is 6.25. The maximum atomic E-state index is 12.0. The molecule has 1 aliphatic rings. The molecule has 1 atom stereocenters. The van der Waals surface area contributed by atoms with Crippen LogP contribution in [-0.2, 0) is 9.53 Å². The summed E-state index contributed by atoms with van der Waals surface area (Å²) < 4.78 is 10.7. The quantitative estimate of drug-likeness (QED) is 0.782. The van der Waals surface area contributed by atoms with E-state index in [1.165, 1.54) is 0 Å². The monoisotopic (exact) mass is 262 g/mol. The van der Waals surface area contributed by atoms with Crippen molar-refractivity contribution in [3.63, 3.8) is 0 Å². The molecule has 19 heavy (non-hydrogen) atoms. The Kier molecular flexibility index (Phi) is 4.94. The van der Waals surface area contributed by atoms with Gasteiger partial charge < -0.3 is 20.1 Å². The number of carbonyl (C=O) groups excluding carboxylic acids is 1. The molecule has 0 aliphatic carbocycles. The largest absolute Gasteiger partial charge is 0.489 e. The van der Waals surface area contributed by atoms with Crippen LogP contribution in [0.1, 0.15) is 0 Å². The molecular formula is C14H18N2O3. The van der Waals surface area contributed by atoms with Crippen LogP contribution in [0.2, 0.25) is 0 Å². The highest BCUT2D eigenvalue weighted by Crippen LogP contribution is 2.17. The fraction of sp³-hybridized carbons (Fsp3) is 0.357. The fourth-order valence-electron chi connectivity index (χ4n) is 1.78. The summed E-state index contributed by atoms with van der Waals surface area (Å²) in [5, 5.41) is 5.95. The van der Waals surface area contributed by atoms with Crippen molar-refractivity contribution < 1.29 is 14.3 Å². The summed E-state index contributed by atoms with van der Waals surface area (Å²) >= 11 is 0. The third-order valence-corrected chi connectivity index (χ3v) is 2.71. The second-order valence-corrected chi connectivity index (χ2v) is 4.20. The molecule has 5 nitrogen and oxygen atoms in total. The minimum Gasteiger partial charge on any atom is -0.489 e. The number of hydrogen-bond donors (Lipinski definition) is 2. The molecule has 1 unspecified atom stereocenters. The first-order chi connectivity index (χ1) is 9.29. The van der Waals surface area contributed by atoms with Gasteiger partial charge in [0.25, 0.3) is 0 Å². The van der Waals surface area contributed by atoms with Gasteiger partial charge in [-0.15, -0.1) is 0 Å². The Hall–Kier alpha value is -1.85. The highest BCUT2D eigenvalue weighted by atomic mass is 16.5. The topological polar surface area (TPSA) is 59.6 Å². The molecule has 0 spiro atoms. The number of amides is 1. The van der Waals surface area contributed by atoms with Gasteiger partial charge in [0.15, 0.2) is 0 Å². The average Bonchev–Trinajstić information content (AvgIpc) is 2.46. The Morgan fingerprint density at radius 3 is 3.26 bits per heavy atom. The fourth-order valence-corrected chi connectivity index (χ4v) is 1.78. The number of anilines is 1. The summed E-state index contributed by atoms with van der Waals surface area (Å²) in [6.45, 7) is 5.77. The SMILES string of the molecule is C=CCOc1cccc(NC(=O)C2COCCN2)c1. The van der Waals surface area contributed by atoms with Crippen LogP contribution in [0.3, 0.4) is 0 Å². The van der Waals surface area contributed by atoms with Crippen LogP contribution in [0.25, 0.3) is 0 Å². The zero-order valence-electron chi connectivity index (χ0n) is 10.7. The average molecular weight is 262 g/mol. The smallest absolute Gasteiger partial charge is 0.243 e. The Morgan fingerprint density at radius 1 is 1.63 bits per heavy atom. The van der Waals surface area contributed by atoms with E-state index in [0.717, 1.165) is 0 Å². The number of carbonyl (C=O) groups is 1. The number of hydrogen-bond acceptors (Lipinski definition) is 4. The molecular weight excluding hydrogens is 244 g/mol. The van der Waals surface area contributed by atoms with E-state index in [4.69, 9.17) is 9.47 Å². The molecule has 0 bridgehead atoms. The second-order valence-electron chi connectivity index (χ2n) is 4.20. The molecule has 0 saturated carbocycles. The van der Waals surface area contributed by atoms with E-state index in [0.29, 0.717) is 37.8 Å². The van der Waals surface area contributed by atoms with E-state index in [2.05, 4.69) is 17.2 Å². The van der Waals surface area contributed by atoms with Gasteiger partial charge in [-0.25, -0.2) is 0 Å². The normalized spacial score (nSPS) is 18.6. The maximum Gasteiger partial charge on any atom is 0.243 e. The van der Waals surface area contributed by atoms with Crippen LogP contribution in [0, 0.1) is 0 Å². The van der Waals surface area contributed by atoms with Gasteiger partial charge in [-0.2, -0.15) is 0 Å². The molecule has 1 saturated heterocycles. The van der Waals surface area contributed by atoms with Crippen molar-refractivity contribution in [2.45, 2.75) is 6.04 Å². The lowest BCUT2D eigenvalue weighted by molar-refractivity contribution is -0.120. The van der Waals surface area contributed by atoms with Crippen molar-refractivity contribution in [3.05, 3.63) is 36.9 Å². The molecule has 1 heterocycles. The van der Waals surface area contributed by atoms with Gasteiger partial charge in [-0.05, 0) is 12.1 Å². The molecule has 2 rings (SSSR count). The summed E-state index contributed by atoms with van der Waals surface area (Å²) in [4.78, 5) is 12.0. The van der Waals surface area contributed by atoms with E-state index < -0.39 is 0 Å². The van der Waals surface area contributed by atoms with Crippen molar-refractivity contribution in [3.8, 4) is 5.75 Å². The number of ether oxygens (including phenoxy) is 2. The van der Waals surface area contributed by atoms with Gasteiger partial charge in [0.2, 0.25) is 5.91 Å². The molecule has 1 amide bonds. The molecule has 1 aliphatic heterocycles. The van der Waals surface area contributed by atoms with Crippen LogP contribution in [0.4, 0.5) is 5.69 Å². The Bertz CT molecular complexity index is 442. The molecule has 1 fully saturated rings. The van der Waals surface area contributed by atoms with Crippen LogP contribution < -0.4 is 15.4 Å². The van der Waals surface area contributed by atoms with Gasteiger partial charge >= 0.3 is 0 Å². The molecule has 0 radical (unpaired) electrons. The zero-order chi connectivity index (χ0) is 13.5. The van der Waals surface area contributed by atoms with Crippen molar-refractivity contribution >= 4 is 11.6 Å². The van der Waals surface area contributed by atoms with Gasteiger partial charge in [-0.1, -0.05) is 18.7 Å². The molecule has 1 aromatic carbocycles. The lowest BCUT2D eigenvalue weighted by Gasteiger charge is -2.22. The van der Waals surface area contributed by atoms with Gasteiger partial charge in [-0.3, -0.25) is 4.79 Å². The minimum atomic E-state index is -0.300. The Morgan fingerprint density at radius 2 is 2.53 bits per heavy atom. The lowest BCUT2D eigenvalue weighted by Crippen LogP contribution is -2.48. The number of nitrogens with one attached hydrogen (secondary N) is 2. The number of benzene rings is 1. The predicted octanol–water partition coefficient (Wildman–Crippen LogP) is 1.18. The summed E-state index contributed by atoms with van der Waals surface area (Å²) in [7, 11) is 0. The number of morpholine rings is 1. The first-order valence-electron chi connectivity index (χ1n) is 6.25. The highest BCUT2D eigenvalue weighted by molar-refractivity contribution is 5.95. The molecule has 5 heteroatoms. The van der Waals surface area contributed by atoms with Crippen molar-refractivity contribution in [1.82, 2.24) is 5.32 Å². The van der Waals surface area contributed by atoms with E-state index in [-0.39, 0.29) is 11.9 Å². The van der Waals surface area contributed by atoms with E-state index in [1.54, 1.807) is 12.1 Å². The van der Waals surface area contributed by atoms with Crippen molar-refractivity contribution in [1.29, 1.82) is 0 Å². The van der Waals surface area contributed by atoms with E-state index >= 15 is 0 Å². The summed E-state index contributed by atoms with van der Waals surface area (Å²) in [6, 6.07) is 6.97. The third kappa shape index (κ3) is 4.08. The maximum absolute atomic E-state index is 12.0. The summed E-state index contributed by atoms with van der Waals surface area (Å²) in [5.74, 6) is 0.603. The van der Waals surface area contributed by atoms with Crippen LogP contribution in [0.15, 0.2) is 36.9 Å². The molecule has 0 aromatic heterocycles. The molecule has 102 valence electrons. The van der Waals surface area contributed by atoms with Crippen LogP contribution in [-0.4, -0.2) is 38.3 Å². The van der Waals surface area contributed by atoms with Crippen LogP contribution in [0.5, 0.6) is 5.75 Å². The summed E-state index contributed by atoms with van der Waals surface area (Å²) in [5.41, 5.74) is 0.707. The van der Waals surface area contributed by atoms with Gasteiger partial charge in [0.05, 0.1) is 13.2 Å². The van der Waals surface area contributed by atoms with Crippen molar-refractivity contribution in [2.24, 2.45) is 0 Å². The van der Waals surface area contributed by atoms with E-state index in [1.807, 2.05) is 18.2 Å². The predicted molar refractivity (Wildman–Crippen MR) is 73.4 cm³/mol. The zero-order valence-corrected chi connectivity index (χ0v) is 10.7. The number of rotatable bonds is 5. The summed E-state index contributed by atoms with van der Waals surface area (Å²) in [6.07, 6.45) is 1.68. The Labute approximate surface area is 112 Å². The first kappa shape index (κ1) is 13.6. The third-order valence-electron chi connectivity index (χ3n) is 2.71. The molecule has 2 N–H and O–H groups in total. The van der Waals surface area contributed by atoms with E-state index in [9.17, 15) is 4.79 Å². The highest BCUT2D eigenvalue weighted by Gasteiger charge is 2.21. The van der Waals surface area contributed by atoms with Gasteiger partial charge in [0.1, 0.15) is 18.4 Å². The standard InChI is InChI=1S/C14H18N2O3/c1-2-7-19-12-5-3-4-11(9-12)16-14(17)13-10-18-8-6-15-13/h2-5,9,13,15H,1,6-8,10H2,(H,16,17). The second kappa shape index (κ2) is 6.92. The minimum absolute atomic E-state index is 0.0967. The Balaban J connectivity index is 1.93. The van der Waals surface area contributed by atoms with Gasteiger partial charge in [0, 0.05) is 18.3 Å². The van der Waals surface area contributed by atoms with Crippen LogP contribution >= 0.6 is 0 Å². The van der Waals surface area contributed by atoms with Crippen molar-refractivity contribution in [2.75, 3.05) is 31.7 Å².